The Labute approximate surface area is 105 Å². The highest BCUT2D eigenvalue weighted by Gasteiger charge is 2.14. The zero-order chi connectivity index (χ0) is 13.1. The van der Waals surface area contributed by atoms with Crippen LogP contribution in [-0.2, 0) is 0 Å². The normalized spacial score (nSPS) is 12.2. The van der Waals surface area contributed by atoms with E-state index in [1.54, 1.807) is 24.4 Å². The van der Waals surface area contributed by atoms with E-state index in [1.165, 1.54) is 13.2 Å². The van der Waals surface area contributed by atoms with E-state index in [9.17, 15) is 4.39 Å². The Bertz CT molecular complexity index is 557. The Morgan fingerprint density at radius 3 is 2.67 bits per heavy atom. The fourth-order valence-corrected chi connectivity index (χ4v) is 1.83. The number of pyridine rings is 1. The Hall–Kier alpha value is -1.94. The Morgan fingerprint density at radius 2 is 2.06 bits per heavy atom. The molecule has 0 saturated heterocycles. The minimum atomic E-state index is -0.502. The molecule has 0 amide bonds. The molecule has 0 bridgehead atoms. The molecule has 3 nitrogen and oxygen atoms in total. The molecule has 1 atom stereocenters. The second-order valence-corrected chi connectivity index (χ2v) is 4.10. The van der Waals surface area contributed by atoms with Crippen molar-refractivity contribution in [2.45, 2.75) is 13.0 Å². The second kappa shape index (κ2) is 5.14. The topological polar surface area (TPSA) is 48.1 Å². The first-order valence-corrected chi connectivity index (χ1v) is 5.63. The fourth-order valence-electron chi connectivity index (χ4n) is 1.83. The molecule has 18 heavy (non-hydrogen) atoms. The van der Waals surface area contributed by atoms with Gasteiger partial charge in [-0.1, -0.05) is 6.07 Å². The molecular weight excluding hydrogens is 231 g/mol. The third kappa shape index (κ3) is 2.49. The van der Waals surface area contributed by atoms with Crippen LogP contribution in [0.5, 0.6) is 5.75 Å². The van der Waals surface area contributed by atoms with Crippen LogP contribution in [-0.4, -0.2) is 12.1 Å². The number of nitrogens with zero attached hydrogens (tertiary/aromatic N) is 1. The van der Waals surface area contributed by atoms with E-state index in [-0.39, 0.29) is 5.82 Å². The summed E-state index contributed by atoms with van der Waals surface area (Å²) in [7, 11) is 1.50. The third-order valence-corrected chi connectivity index (χ3v) is 2.82. The van der Waals surface area contributed by atoms with Gasteiger partial charge in [-0.2, -0.15) is 0 Å². The number of aryl methyl sites for hydroxylation is 1. The lowest BCUT2D eigenvalue weighted by Crippen LogP contribution is -2.14. The molecule has 0 aliphatic rings. The van der Waals surface area contributed by atoms with E-state index in [4.69, 9.17) is 10.5 Å². The van der Waals surface area contributed by atoms with Crippen LogP contribution in [0.25, 0.3) is 0 Å². The standard InChI is InChI=1S/C14H15FN2O/c1-9-7-10(5-6-17-9)14(16)12-4-3-11(18-2)8-13(12)15/h3-8,14H,16H2,1-2H3. The van der Waals surface area contributed by atoms with Crippen LogP contribution in [0.4, 0.5) is 4.39 Å². The summed E-state index contributed by atoms with van der Waals surface area (Å²) in [4.78, 5) is 4.10. The van der Waals surface area contributed by atoms with Crippen LogP contribution in [0.3, 0.4) is 0 Å². The Balaban J connectivity index is 2.37. The maximum atomic E-state index is 13.9. The number of hydrogen-bond acceptors (Lipinski definition) is 3. The highest BCUT2D eigenvalue weighted by molar-refractivity contribution is 5.36. The monoisotopic (exact) mass is 246 g/mol. The van der Waals surface area contributed by atoms with Crippen molar-refractivity contribution in [1.29, 1.82) is 0 Å². The molecule has 0 radical (unpaired) electrons. The molecule has 0 fully saturated rings. The summed E-state index contributed by atoms with van der Waals surface area (Å²) in [6.07, 6.45) is 1.67. The van der Waals surface area contributed by atoms with Gasteiger partial charge in [-0.3, -0.25) is 4.98 Å². The number of aromatic nitrogens is 1. The van der Waals surface area contributed by atoms with E-state index >= 15 is 0 Å². The van der Waals surface area contributed by atoms with Crippen LogP contribution in [0, 0.1) is 12.7 Å². The van der Waals surface area contributed by atoms with Crippen molar-refractivity contribution in [2.24, 2.45) is 5.73 Å². The molecule has 1 unspecified atom stereocenters. The zero-order valence-corrected chi connectivity index (χ0v) is 10.4. The number of hydrogen-bond donors (Lipinski definition) is 1. The molecular formula is C14H15FN2O. The lowest BCUT2D eigenvalue weighted by Gasteiger charge is -2.14. The van der Waals surface area contributed by atoms with Gasteiger partial charge in [-0.25, -0.2) is 4.39 Å². The van der Waals surface area contributed by atoms with Crippen LogP contribution < -0.4 is 10.5 Å². The summed E-state index contributed by atoms with van der Waals surface area (Å²) in [5.74, 6) is 0.116. The lowest BCUT2D eigenvalue weighted by molar-refractivity contribution is 0.410. The smallest absolute Gasteiger partial charge is 0.132 e. The zero-order valence-electron chi connectivity index (χ0n) is 10.4. The molecule has 2 aromatic rings. The molecule has 2 rings (SSSR count). The maximum absolute atomic E-state index is 13.9. The van der Waals surface area contributed by atoms with Gasteiger partial charge in [0.1, 0.15) is 11.6 Å². The van der Waals surface area contributed by atoms with Gasteiger partial charge in [0.2, 0.25) is 0 Å². The van der Waals surface area contributed by atoms with E-state index in [1.807, 2.05) is 13.0 Å². The van der Waals surface area contributed by atoms with Crippen LogP contribution in [0.1, 0.15) is 22.9 Å². The van der Waals surface area contributed by atoms with Gasteiger partial charge >= 0.3 is 0 Å². The first kappa shape index (κ1) is 12.5. The molecule has 0 aliphatic heterocycles. The molecule has 1 heterocycles. The summed E-state index contributed by atoms with van der Waals surface area (Å²) in [5, 5.41) is 0. The van der Waals surface area contributed by atoms with Crippen molar-refractivity contribution in [3.63, 3.8) is 0 Å². The molecule has 2 N–H and O–H groups in total. The van der Waals surface area contributed by atoms with Crippen molar-refractivity contribution >= 4 is 0 Å². The minimum Gasteiger partial charge on any atom is -0.497 e. The van der Waals surface area contributed by atoms with Crippen molar-refractivity contribution in [1.82, 2.24) is 4.98 Å². The predicted molar refractivity (Wildman–Crippen MR) is 68.0 cm³/mol. The molecule has 1 aromatic carbocycles. The number of ether oxygens (including phenoxy) is 1. The lowest BCUT2D eigenvalue weighted by atomic mass is 9.99. The van der Waals surface area contributed by atoms with E-state index in [2.05, 4.69) is 4.98 Å². The number of halogens is 1. The van der Waals surface area contributed by atoms with Gasteiger partial charge < -0.3 is 10.5 Å². The van der Waals surface area contributed by atoms with Crippen LogP contribution in [0.2, 0.25) is 0 Å². The van der Waals surface area contributed by atoms with E-state index in [0.717, 1.165) is 11.3 Å². The number of benzene rings is 1. The molecule has 0 spiro atoms. The number of nitrogens with two attached hydrogens (primary N) is 1. The largest absolute Gasteiger partial charge is 0.497 e. The van der Waals surface area contributed by atoms with Gasteiger partial charge in [0, 0.05) is 23.5 Å². The third-order valence-electron chi connectivity index (χ3n) is 2.82. The van der Waals surface area contributed by atoms with Gasteiger partial charge in [-0.15, -0.1) is 0 Å². The highest BCUT2D eigenvalue weighted by atomic mass is 19.1. The first-order chi connectivity index (χ1) is 8.61. The summed E-state index contributed by atoms with van der Waals surface area (Å²) in [6, 6.07) is 7.83. The van der Waals surface area contributed by atoms with Gasteiger partial charge in [0.05, 0.1) is 13.2 Å². The summed E-state index contributed by atoms with van der Waals surface area (Å²) >= 11 is 0. The maximum Gasteiger partial charge on any atom is 0.132 e. The van der Waals surface area contributed by atoms with Crippen molar-refractivity contribution in [2.75, 3.05) is 7.11 Å². The average Bonchev–Trinajstić information content (AvgIpc) is 2.37. The van der Waals surface area contributed by atoms with Crippen molar-refractivity contribution < 1.29 is 9.13 Å². The summed E-state index contributed by atoms with van der Waals surface area (Å²) in [6.45, 7) is 1.88. The first-order valence-electron chi connectivity index (χ1n) is 5.63. The second-order valence-electron chi connectivity index (χ2n) is 4.10. The summed E-state index contributed by atoms with van der Waals surface area (Å²) in [5.41, 5.74) is 8.21. The quantitative estimate of drug-likeness (QED) is 0.905. The Morgan fingerprint density at radius 1 is 1.28 bits per heavy atom. The van der Waals surface area contributed by atoms with Gasteiger partial charge in [0.25, 0.3) is 0 Å². The van der Waals surface area contributed by atoms with Crippen molar-refractivity contribution in [3.8, 4) is 5.75 Å². The number of methoxy groups -OCH3 is 1. The summed E-state index contributed by atoms with van der Waals surface area (Å²) < 4.78 is 18.9. The SMILES string of the molecule is COc1ccc(C(N)c2ccnc(C)c2)c(F)c1. The van der Waals surface area contributed by atoms with Crippen LogP contribution in [0.15, 0.2) is 36.5 Å². The minimum absolute atomic E-state index is 0.365. The molecule has 0 saturated carbocycles. The number of rotatable bonds is 3. The van der Waals surface area contributed by atoms with E-state index in [0.29, 0.717) is 11.3 Å². The fraction of sp³-hybridized carbons (Fsp3) is 0.214. The predicted octanol–water partition coefficient (Wildman–Crippen LogP) is 2.59. The molecule has 4 heteroatoms. The molecule has 94 valence electrons. The van der Waals surface area contributed by atoms with Gasteiger partial charge in [-0.05, 0) is 30.7 Å². The molecule has 1 aromatic heterocycles. The molecule has 0 aliphatic carbocycles. The van der Waals surface area contributed by atoms with Gasteiger partial charge in [0.15, 0.2) is 0 Å². The Kier molecular flexibility index (Phi) is 3.58. The van der Waals surface area contributed by atoms with Crippen molar-refractivity contribution in [3.05, 3.63) is 59.2 Å². The van der Waals surface area contributed by atoms with Crippen LogP contribution >= 0.6 is 0 Å². The highest BCUT2D eigenvalue weighted by Crippen LogP contribution is 2.25. The van der Waals surface area contributed by atoms with E-state index < -0.39 is 6.04 Å². The average molecular weight is 246 g/mol.